The molecule has 2 atom stereocenters. The van der Waals surface area contributed by atoms with Gasteiger partial charge < -0.3 is 16.0 Å². The molecule has 0 saturated carbocycles. The highest BCUT2D eigenvalue weighted by atomic mass is 16.2. The topological polar surface area (TPSA) is 75.4 Å². The van der Waals surface area contributed by atoms with Crippen LogP contribution in [0.3, 0.4) is 0 Å². The van der Waals surface area contributed by atoms with Gasteiger partial charge in [-0.2, -0.15) is 0 Å². The first-order valence-electron chi connectivity index (χ1n) is 7.51. The molecule has 5 nitrogen and oxygen atoms in total. The molecule has 0 aliphatic carbocycles. The van der Waals surface area contributed by atoms with Crippen molar-refractivity contribution in [3.63, 3.8) is 0 Å². The van der Waals surface area contributed by atoms with E-state index in [9.17, 15) is 9.59 Å². The maximum Gasteiger partial charge on any atom is 0.242 e. The van der Waals surface area contributed by atoms with E-state index in [4.69, 9.17) is 5.73 Å². The van der Waals surface area contributed by atoms with Crippen LogP contribution in [0.2, 0.25) is 0 Å². The molecule has 1 aromatic rings. The van der Waals surface area contributed by atoms with E-state index < -0.39 is 0 Å². The number of benzene rings is 1. The Hall–Kier alpha value is -1.88. The van der Waals surface area contributed by atoms with Gasteiger partial charge in [0.15, 0.2) is 0 Å². The van der Waals surface area contributed by atoms with E-state index in [1.54, 1.807) is 4.90 Å². The monoisotopic (exact) mass is 289 g/mol. The number of nitrogens with zero attached hydrogens (tertiary/aromatic N) is 1. The Bertz CT molecular complexity index is 490. The summed E-state index contributed by atoms with van der Waals surface area (Å²) in [5.41, 5.74) is 7.06. The van der Waals surface area contributed by atoms with Crippen LogP contribution in [0.4, 0.5) is 0 Å². The maximum atomic E-state index is 12.3. The third-order valence-corrected chi connectivity index (χ3v) is 3.90. The third kappa shape index (κ3) is 3.82. The van der Waals surface area contributed by atoms with Gasteiger partial charge in [0, 0.05) is 25.6 Å². The number of nitrogens with one attached hydrogen (secondary N) is 1. The second-order valence-corrected chi connectivity index (χ2v) is 5.38. The van der Waals surface area contributed by atoms with Crippen molar-refractivity contribution in [2.75, 3.05) is 13.1 Å². The fourth-order valence-electron chi connectivity index (χ4n) is 2.69. The molecule has 1 aliphatic rings. The summed E-state index contributed by atoms with van der Waals surface area (Å²) in [5, 5.41) is 2.87. The minimum absolute atomic E-state index is 0.0735. The lowest BCUT2D eigenvalue weighted by atomic mass is 10.1. The number of nitrogens with two attached hydrogens (primary N) is 1. The fraction of sp³-hybridized carbons (Fsp3) is 0.500. The largest absolute Gasteiger partial charge is 0.352 e. The number of hydrogen-bond donors (Lipinski definition) is 2. The SMILES string of the molecule is CCC(C(=O)NCC(N)c1ccccc1)N1CCCC1=O. The van der Waals surface area contributed by atoms with Crippen molar-refractivity contribution in [1.82, 2.24) is 10.2 Å². The van der Waals surface area contributed by atoms with E-state index in [0.29, 0.717) is 25.9 Å². The van der Waals surface area contributed by atoms with E-state index in [1.807, 2.05) is 37.3 Å². The lowest BCUT2D eigenvalue weighted by Gasteiger charge is -2.26. The van der Waals surface area contributed by atoms with Gasteiger partial charge >= 0.3 is 0 Å². The fourth-order valence-corrected chi connectivity index (χ4v) is 2.69. The Morgan fingerprint density at radius 1 is 1.38 bits per heavy atom. The molecule has 1 saturated heterocycles. The molecule has 1 fully saturated rings. The molecule has 2 unspecified atom stereocenters. The van der Waals surface area contributed by atoms with Crippen LogP contribution in [0, 0.1) is 0 Å². The summed E-state index contributed by atoms with van der Waals surface area (Å²) in [6.45, 7) is 2.98. The third-order valence-electron chi connectivity index (χ3n) is 3.90. The number of hydrogen-bond acceptors (Lipinski definition) is 3. The van der Waals surface area contributed by atoms with Crippen molar-refractivity contribution in [3.05, 3.63) is 35.9 Å². The Morgan fingerprint density at radius 3 is 2.67 bits per heavy atom. The number of rotatable bonds is 6. The smallest absolute Gasteiger partial charge is 0.242 e. The zero-order chi connectivity index (χ0) is 15.2. The lowest BCUT2D eigenvalue weighted by molar-refractivity contribution is -0.137. The first kappa shape index (κ1) is 15.5. The van der Waals surface area contributed by atoms with Crippen LogP contribution in [0.25, 0.3) is 0 Å². The molecule has 1 heterocycles. The minimum Gasteiger partial charge on any atom is -0.352 e. The summed E-state index contributed by atoms with van der Waals surface area (Å²) < 4.78 is 0. The molecule has 0 bridgehead atoms. The number of amides is 2. The number of likely N-dealkylation sites (tertiary alicyclic amines) is 1. The van der Waals surface area contributed by atoms with E-state index in [-0.39, 0.29) is 23.9 Å². The summed E-state index contributed by atoms with van der Waals surface area (Å²) in [7, 11) is 0. The van der Waals surface area contributed by atoms with Crippen molar-refractivity contribution in [3.8, 4) is 0 Å². The standard InChI is InChI=1S/C16H23N3O2/c1-2-14(19-10-6-9-15(19)20)16(21)18-11-13(17)12-7-4-3-5-8-12/h3-5,7-8,13-14H,2,6,9-11,17H2,1H3,(H,18,21). The van der Waals surface area contributed by atoms with Crippen LogP contribution in [-0.4, -0.2) is 35.8 Å². The second kappa shape index (κ2) is 7.22. The summed E-state index contributed by atoms with van der Waals surface area (Å²) in [4.78, 5) is 25.7. The first-order chi connectivity index (χ1) is 10.1. The van der Waals surface area contributed by atoms with E-state index in [1.165, 1.54) is 0 Å². The van der Waals surface area contributed by atoms with E-state index >= 15 is 0 Å². The molecule has 2 amide bonds. The molecule has 0 radical (unpaired) electrons. The molecular formula is C16H23N3O2. The maximum absolute atomic E-state index is 12.3. The minimum atomic E-state index is -0.372. The van der Waals surface area contributed by atoms with Gasteiger partial charge in [0.1, 0.15) is 6.04 Å². The predicted octanol–water partition coefficient (Wildman–Crippen LogP) is 1.20. The van der Waals surface area contributed by atoms with Gasteiger partial charge in [-0.05, 0) is 18.4 Å². The summed E-state index contributed by atoms with van der Waals surface area (Å²) in [5.74, 6) is -0.0384. The van der Waals surface area contributed by atoms with Crippen LogP contribution in [0.1, 0.15) is 37.8 Å². The highest BCUT2D eigenvalue weighted by molar-refractivity contribution is 5.88. The van der Waals surface area contributed by atoms with Gasteiger partial charge in [-0.3, -0.25) is 9.59 Å². The second-order valence-electron chi connectivity index (χ2n) is 5.38. The normalized spacial score (nSPS) is 17.6. The zero-order valence-electron chi connectivity index (χ0n) is 12.4. The Kier molecular flexibility index (Phi) is 5.33. The zero-order valence-corrected chi connectivity index (χ0v) is 12.4. The first-order valence-corrected chi connectivity index (χ1v) is 7.51. The Balaban J connectivity index is 1.89. The highest BCUT2D eigenvalue weighted by Crippen LogP contribution is 2.16. The van der Waals surface area contributed by atoms with Crippen LogP contribution in [0.5, 0.6) is 0 Å². The molecule has 2 rings (SSSR count). The van der Waals surface area contributed by atoms with Crippen LogP contribution in [-0.2, 0) is 9.59 Å². The molecule has 0 spiro atoms. The van der Waals surface area contributed by atoms with Crippen molar-refractivity contribution in [2.24, 2.45) is 5.73 Å². The molecule has 1 aromatic carbocycles. The molecule has 0 aromatic heterocycles. The molecule has 5 heteroatoms. The molecule has 21 heavy (non-hydrogen) atoms. The van der Waals surface area contributed by atoms with Gasteiger partial charge in [0.05, 0.1) is 0 Å². The number of carbonyl (C=O) groups excluding carboxylic acids is 2. The van der Waals surface area contributed by atoms with Crippen molar-refractivity contribution < 1.29 is 9.59 Å². The Labute approximate surface area is 125 Å². The Morgan fingerprint density at radius 2 is 2.10 bits per heavy atom. The quantitative estimate of drug-likeness (QED) is 0.826. The molecular weight excluding hydrogens is 266 g/mol. The summed E-state index contributed by atoms with van der Waals surface area (Å²) >= 11 is 0. The summed E-state index contributed by atoms with van der Waals surface area (Å²) in [6.07, 6.45) is 2.01. The van der Waals surface area contributed by atoms with Crippen LogP contribution < -0.4 is 11.1 Å². The predicted molar refractivity (Wildman–Crippen MR) is 81.4 cm³/mol. The highest BCUT2D eigenvalue weighted by Gasteiger charge is 2.31. The lowest BCUT2D eigenvalue weighted by Crippen LogP contribution is -2.48. The van der Waals surface area contributed by atoms with Crippen molar-refractivity contribution in [2.45, 2.75) is 38.3 Å². The summed E-state index contributed by atoms with van der Waals surface area (Å²) in [6, 6.07) is 9.06. The van der Waals surface area contributed by atoms with Gasteiger partial charge in [0.2, 0.25) is 11.8 Å². The average molecular weight is 289 g/mol. The van der Waals surface area contributed by atoms with E-state index in [0.717, 1.165) is 12.0 Å². The van der Waals surface area contributed by atoms with Crippen molar-refractivity contribution in [1.29, 1.82) is 0 Å². The van der Waals surface area contributed by atoms with Gasteiger partial charge in [0.25, 0.3) is 0 Å². The van der Waals surface area contributed by atoms with Crippen LogP contribution in [0.15, 0.2) is 30.3 Å². The van der Waals surface area contributed by atoms with Gasteiger partial charge in [-0.1, -0.05) is 37.3 Å². The number of carbonyl (C=O) groups is 2. The molecule has 114 valence electrons. The van der Waals surface area contributed by atoms with E-state index in [2.05, 4.69) is 5.32 Å². The molecule has 3 N–H and O–H groups in total. The molecule has 1 aliphatic heterocycles. The average Bonchev–Trinajstić information content (AvgIpc) is 2.92. The van der Waals surface area contributed by atoms with Gasteiger partial charge in [-0.15, -0.1) is 0 Å². The van der Waals surface area contributed by atoms with Crippen molar-refractivity contribution >= 4 is 11.8 Å². The van der Waals surface area contributed by atoms with Crippen LogP contribution >= 0.6 is 0 Å². The van der Waals surface area contributed by atoms with Gasteiger partial charge in [-0.25, -0.2) is 0 Å².